The van der Waals surface area contributed by atoms with Crippen LogP contribution in [0, 0.1) is 20.8 Å². The van der Waals surface area contributed by atoms with Crippen LogP contribution in [0.4, 0.5) is 0 Å². The fraction of sp³-hybridized carbons (Fsp3) is 0.438. The molecule has 0 saturated carbocycles. The highest BCUT2D eigenvalue weighted by Gasteiger charge is 2.09. The van der Waals surface area contributed by atoms with E-state index < -0.39 is 0 Å². The minimum atomic E-state index is 0.727. The van der Waals surface area contributed by atoms with E-state index in [4.69, 9.17) is 4.74 Å². The van der Waals surface area contributed by atoms with Gasteiger partial charge in [-0.2, -0.15) is 0 Å². The van der Waals surface area contributed by atoms with Crippen molar-refractivity contribution in [2.24, 2.45) is 0 Å². The first kappa shape index (κ1) is 14.8. The Labute approximate surface area is 120 Å². The van der Waals surface area contributed by atoms with Crippen molar-refractivity contribution in [3.63, 3.8) is 0 Å². The van der Waals surface area contributed by atoms with Gasteiger partial charge in [-0.05, 0) is 32.4 Å². The predicted octanol–water partition coefficient (Wildman–Crippen LogP) is 2.53. The number of aromatic nitrogens is 2. The Hall–Kier alpha value is -1.65. The van der Waals surface area contributed by atoms with Gasteiger partial charge in [-0.3, -0.25) is 0 Å². The normalized spacial score (nSPS) is 11.0. The molecule has 2 aromatic rings. The predicted molar refractivity (Wildman–Crippen MR) is 81.4 cm³/mol. The van der Waals surface area contributed by atoms with Crippen molar-refractivity contribution in [3.05, 3.63) is 47.0 Å². The number of hydrogen-bond donors (Lipinski definition) is 1. The smallest absolute Gasteiger partial charge is 0.0997 e. The van der Waals surface area contributed by atoms with Crippen molar-refractivity contribution < 1.29 is 4.74 Å². The molecule has 0 saturated heterocycles. The third kappa shape index (κ3) is 3.26. The Morgan fingerprint density at radius 2 is 2.05 bits per heavy atom. The van der Waals surface area contributed by atoms with Crippen LogP contribution in [-0.2, 0) is 11.3 Å². The van der Waals surface area contributed by atoms with Crippen LogP contribution in [0.3, 0.4) is 0 Å². The van der Waals surface area contributed by atoms with Crippen LogP contribution >= 0.6 is 0 Å². The van der Waals surface area contributed by atoms with Gasteiger partial charge >= 0.3 is 0 Å². The Morgan fingerprint density at radius 3 is 2.70 bits per heavy atom. The molecule has 0 aliphatic carbocycles. The zero-order chi connectivity index (χ0) is 14.5. The third-order valence-corrected chi connectivity index (χ3v) is 3.54. The van der Waals surface area contributed by atoms with Crippen LogP contribution in [0.1, 0.15) is 22.5 Å². The summed E-state index contributed by atoms with van der Waals surface area (Å²) >= 11 is 0. The molecule has 108 valence electrons. The molecule has 4 heteroatoms. The van der Waals surface area contributed by atoms with Crippen LogP contribution in [0.25, 0.3) is 5.69 Å². The first-order valence-corrected chi connectivity index (χ1v) is 6.93. The molecule has 0 radical (unpaired) electrons. The summed E-state index contributed by atoms with van der Waals surface area (Å²) in [4.78, 5) is 4.39. The number of nitrogens with one attached hydrogen (secondary N) is 1. The summed E-state index contributed by atoms with van der Waals surface area (Å²) in [5.41, 5.74) is 6.00. The standard InChI is InChI=1S/C16H23N3O/c1-12-5-6-16(19-11-18-13(2)14(19)3)15(9-12)10-17-7-8-20-4/h5-6,9,11,17H,7-8,10H2,1-4H3. The van der Waals surface area contributed by atoms with Crippen LogP contribution in [0.2, 0.25) is 0 Å². The lowest BCUT2D eigenvalue weighted by Crippen LogP contribution is -2.19. The molecular weight excluding hydrogens is 250 g/mol. The largest absolute Gasteiger partial charge is 0.383 e. The van der Waals surface area contributed by atoms with Gasteiger partial charge in [0.1, 0.15) is 0 Å². The number of ether oxygens (including phenoxy) is 1. The summed E-state index contributed by atoms with van der Waals surface area (Å²) in [7, 11) is 1.72. The molecule has 0 spiro atoms. The van der Waals surface area contributed by atoms with Crippen molar-refractivity contribution >= 4 is 0 Å². The van der Waals surface area contributed by atoms with Gasteiger partial charge in [0.2, 0.25) is 0 Å². The molecule has 2 rings (SSSR count). The van der Waals surface area contributed by atoms with Crippen molar-refractivity contribution in [2.75, 3.05) is 20.3 Å². The molecule has 1 heterocycles. The van der Waals surface area contributed by atoms with Gasteiger partial charge in [0.05, 0.1) is 24.3 Å². The molecule has 0 aliphatic heterocycles. The Kier molecular flexibility index (Phi) is 4.93. The zero-order valence-corrected chi connectivity index (χ0v) is 12.7. The number of rotatable bonds is 6. The van der Waals surface area contributed by atoms with Gasteiger partial charge in [-0.1, -0.05) is 17.7 Å². The highest BCUT2D eigenvalue weighted by molar-refractivity contribution is 5.45. The average Bonchev–Trinajstić information content (AvgIpc) is 2.76. The number of imidazole rings is 1. The quantitative estimate of drug-likeness (QED) is 0.822. The molecule has 0 unspecified atom stereocenters. The van der Waals surface area contributed by atoms with E-state index >= 15 is 0 Å². The first-order valence-electron chi connectivity index (χ1n) is 6.93. The molecule has 0 fully saturated rings. The Balaban J connectivity index is 2.26. The fourth-order valence-electron chi connectivity index (χ4n) is 2.23. The van der Waals surface area contributed by atoms with Gasteiger partial charge in [0, 0.05) is 25.9 Å². The lowest BCUT2D eigenvalue weighted by atomic mass is 10.1. The van der Waals surface area contributed by atoms with Gasteiger partial charge in [0.25, 0.3) is 0 Å². The SMILES string of the molecule is COCCNCc1cc(C)ccc1-n1cnc(C)c1C. The number of hydrogen-bond acceptors (Lipinski definition) is 3. The van der Waals surface area contributed by atoms with E-state index in [9.17, 15) is 0 Å². The van der Waals surface area contributed by atoms with E-state index in [-0.39, 0.29) is 0 Å². The minimum absolute atomic E-state index is 0.727. The zero-order valence-electron chi connectivity index (χ0n) is 12.7. The lowest BCUT2D eigenvalue weighted by Gasteiger charge is -2.14. The van der Waals surface area contributed by atoms with Crippen molar-refractivity contribution in [3.8, 4) is 5.69 Å². The van der Waals surface area contributed by atoms with Gasteiger partial charge in [0.15, 0.2) is 0 Å². The molecule has 0 amide bonds. The van der Waals surface area contributed by atoms with Gasteiger partial charge in [-0.15, -0.1) is 0 Å². The Bertz CT molecular complexity index is 575. The van der Waals surface area contributed by atoms with E-state index in [1.807, 2.05) is 13.3 Å². The second kappa shape index (κ2) is 6.68. The number of benzene rings is 1. The number of nitrogens with zero attached hydrogens (tertiary/aromatic N) is 2. The van der Waals surface area contributed by atoms with Crippen molar-refractivity contribution in [2.45, 2.75) is 27.3 Å². The molecule has 1 aromatic carbocycles. The summed E-state index contributed by atoms with van der Waals surface area (Å²) in [6.07, 6.45) is 1.90. The van der Waals surface area contributed by atoms with Crippen LogP contribution < -0.4 is 5.32 Å². The summed E-state index contributed by atoms with van der Waals surface area (Å²) in [6, 6.07) is 6.53. The average molecular weight is 273 g/mol. The molecule has 0 aliphatic rings. The Morgan fingerprint density at radius 1 is 1.25 bits per heavy atom. The number of aryl methyl sites for hydroxylation is 2. The van der Waals surface area contributed by atoms with Gasteiger partial charge in [-0.25, -0.2) is 4.98 Å². The molecule has 20 heavy (non-hydrogen) atoms. The highest BCUT2D eigenvalue weighted by Crippen LogP contribution is 2.19. The molecule has 0 bridgehead atoms. The van der Waals surface area contributed by atoms with E-state index in [0.29, 0.717) is 0 Å². The maximum Gasteiger partial charge on any atom is 0.0997 e. The second-order valence-electron chi connectivity index (χ2n) is 5.09. The van der Waals surface area contributed by atoms with Gasteiger partial charge < -0.3 is 14.6 Å². The monoisotopic (exact) mass is 273 g/mol. The summed E-state index contributed by atoms with van der Waals surface area (Å²) < 4.78 is 7.22. The molecule has 1 aromatic heterocycles. The van der Waals surface area contributed by atoms with Crippen molar-refractivity contribution in [1.29, 1.82) is 0 Å². The van der Waals surface area contributed by atoms with Crippen LogP contribution in [0.5, 0.6) is 0 Å². The minimum Gasteiger partial charge on any atom is -0.383 e. The summed E-state index contributed by atoms with van der Waals surface area (Å²) in [6.45, 7) is 8.67. The molecular formula is C16H23N3O. The topological polar surface area (TPSA) is 39.1 Å². The highest BCUT2D eigenvalue weighted by atomic mass is 16.5. The lowest BCUT2D eigenvalue weighted by molar-refractivity contribution is 0.199. The number of methoxy groups -OCH3 is 1. The van der Waals surface area contributed by atoms with E-state index in [1.54, 1.807) is 7.11 Å². The second-order valence-corrected chi connectivity index (χ2v) is 5.09. The maximum absolute atomic E-state index is 5.06. The van der Waals surface area contributed by atoms with E-state index in [0.717, 1.165) is 25.4 Å². The first-order chi connectivity index (χ1) is 9.63. The maximum atomic E-state index is 5.06. The van der Waals surface area contributed by atoms with Crippen molar-refractivity contribution in [1.82, 2.24) is 14.9 Å². The van der Waals surface area contributed by atoms with Crippen LogP contribution in [-0.4, -0.2) is 29.8 Å². The third-order valence-electron chi connectivity index (χ3n) is 3.54. The molecule has 4 nitrogen and oxygen atoms in total. The fourth-order valence-corrected chi connectivity index (χ4v) is 2.23. The van der Waals surface area contributed by atoms with E-state index in [1.165, 1.54) is 22.5 Å². The summed E-state index contributed by atoms with van der Waals surface area (Å²) in [5, 5.41) is 3.41. The molecule has 1 N–H and O–H groups in total. The van der Waals surface area contributed by atoms with E-state index in [2.05, 4.69) is 46.9 Å². The summed E-state index contributed by atoms with van der Waals surface area (Å²) in [5.74, 6) is 0. The molecule has 0 atom stereocenters. The van der Waals surface area contributed by atoms with Crippen LogP contribution in [0.15, 0.2) is 24.5 Å².